The van der Waals surface area contributed by atoms with Gasteiger partial charge in [0.25, 0.3) is 0 Å². The van der Waals surface area contributed by atoms with E-state index in [1.807, 2.05) is 0 Å². The van der Waals surface area contributed by atoms with Crippen molar-refractivity contribution in [3.8, 4) is 17.2 Å². The summed E-state index contributed by atoms with van der Waals surface area (Å²) in [6, 6.07) is -1.34. The third-order valence-electron chi connectivity index (χ3n) is 2.88. The molecule has 0 bridgehead atoms. The molecular weight excluding hydrogens is 238 g/mol. The Balaban J connectivity index is 3.65. The van der Waals surface area contributed by atoms with Crippen LogP contribution in [0.1, 0.15) is 22.7 Å². The molecule has 0 aromatic heterocycles. The van der Waals surface area contributed by atoms with Crippen LogP contribution >= 0.6 is 0 Å². The summed E-state index contributed by atoms with van der Waals surface area (Å²) in [5.74, 6) is -0.870. The first-order valence-electron chi connectivity index (χ1n) is 5.29. The fourth-order valence-corrected chi connectivity index (χ4v) is 2.04. The minimum absolute atomic E-state index is 0.0989. The Morgan fingerprint density at radius 2 is 1.67 bits per heavy atom. The highest BCUT2D eigenvalue weighted by atomic mass is 16.5. The number of aromatic hydroxyl groups is 1. The third kappa shape index (κ3) is 2.06. The van der Waals surface area contributed by atoms with Crippen LogP contribution in [0.4, 0.5) is 0 Å². The van der Waals surface area contributed by atoms with Gasteiger partial charge in [0.1, 0.15) is 11.8 Å². The normalized spacial score (nSPS) is 12.1. The Hall–Kier alpha value is -1.95. The number of ether oxygens (including phenoxy) is 2. The Bertz CT molecular complexity index is 453. The second-order valence-electron chi connectivity index (χ2n) is 3.89. The summed E-state index contributed by atoms with van der Waals surface area (Å²) in [5, 5.41) is 19.0. The van der Waals surface area contributed by atoms with Crippen LogP contribution in [0.25, 0.3) is 0 Å². The van der Waals surface area contributed by atoms with E-state index < -0.39 is 12.0 Å². The lowest BCUT2D eigenvalue weighted by Crippen LogP contribution is -2.22. The molecule has 0 unspecified atom stereocenters. The van der Waals surface area contributed by atoms with Crippen LogP contribution in [0, 0.1) is 13.8 Å². The predicted molar refractivity (Wildman–Crippen MR) is 65.2 cm³/mol. The first kappa shape index (κ1) is 14.1. The molecule has 0 aliphatic carbocycles. The second kappa shape index (κ2) is 5.14. The van der Waals surface area contributed by atoms with Crippen LogP contribution in [0.5, 0.6) is 17.2 Å². The van der Waals surface area contributed by atoms with Gasteiger partial charge in [-0.3, -0.25) is 4.79 Å². The number of methoxy groups -OCH3 is 2. The lowest BCUT2D eigenvalue weighted by Gasteiger charge is -2.20. The Labute approximate surface area is 105 Å². The molecule has 6 heteroatoms. The average molecular weight is 255 g/mol. The molecule has 1 aromatic carbocycles. The highest BCUT2D eigenvalue weighted by molar-refractivity contribution is 5.79. The summed E-state index contributed by atoms with van der Waals surface area (Å²) in [5.41, 5.74) is 6.75. The smallest absolute Gasteiger partial charge is 0.325 e. The number of phenolic OH excluding ortho intramolecular Hbond substituents is 1. The van der Waals surface area contributed by atoms with E-state index in [1.165, 1.54) is 14.2 Å². The minimum Gasteiger partial charge on any atom is -0.504 e. The molecule has 0 amide bonds. The van der Waals surface area contributed by atoms with E-state index in [4.69, 9.17) is 20.3 Å². The van der Waals surface area contributed by atoms with E-state index in [0.29, 0.717) is 16.9 Å². The van der Waals surface area contributed by atoms with Gasteiger partial charge in [0.05, 0.1) is 14.2 Å². The monoisotopic (exact) mass is 255 g/mol. The quantitative estimate of drug-likeness (QED) is 0.744. The first-order chi connectivity index (χ1) is 8.36. The van der Waals surface area contributed by atoms with Crippen molar-refractivity contribution in [2.45, 2.75) is 19.9 Å². The van der Waals surface area contributed by atoms with E-state index in [0.717, 1.165) is 0 Å². The predicted octanol–water partition coefficient (Wildman–Crippen LogP) is 1.11. The number of carboxylic acids is 1. The number of hydrogen-bond acceptors (Lipinski definition) is 5. The summed E-state index contributed by atoms with van der Waals surface area (Å²) < 4.78 is 10.3. The van der Waals surface area contributed by atoms with Crippen molar-refractivity contribution in [2.75, 3.05) is 14.2 Å². The van der Waals surface area contributed by atoms with Crippen LogP contribution in [0.3, 0.4) is 0 Å². The van der Waals surface area contributed by atoms with E-state index in [2.05, 4.69) is 0 Å². The number of benzene rings is 1. The third-order valence-corrected chi connectivity index (χ3v) is 2.88. The highest BCUT2D eigenvalue weighted by Crippen LogP contribution is 2.44. The average Bonchev–Trinajstić information content (AvgIpc) is 2.29. The maximum atomic E-state index is 11.0. The lowest BCUT2D eigenvalue weighted by molar-refractivity contribution is -0.138. The zero-order valence-corrected chi connectivity index (χ0v) is 10.8. The number of rotatable bonds is 4. The summed E-state index contributed by atoms with van der Waals surface area (Å²) in [6.45, 7) is 3.35. The van der Waals surface area contributed by atoms with Crippen molar-refractivity contribution in [1.82, 2.24) is 0 Å². The topological polar surface area (TPSA) is 102 Å². The summed E-state index contributed by atoms with van der Waals surface area (Å²) in [7, 11) is 2.84. The van der Waals surface area contributed by atoms with Gasteiger partial charge in [-0.1, -0.05) is 0 Å². The summed E-state index contributed by atoms with van der Waals surface area (Å²) in [6.07, 6.45) is 0. The number of aliphatic carboxylic acids is 1. The fourth-order valence-electron chi connectivity index (χ4n) is 2.04. The molecule has 0 spiro atoms. The molecule has 6 nitrogen and oxygen atoms in total. The van der Waals surface area contributed by atoms with Gasteiger partial charge in [-0.2, -0.15) is 0 Å². The van der Waals surface area contributed by atoms with Gasteiger partial charge in [0, 0.05) is 16.7 Å². The standard InChI is InChI=1S/C12H17NO5/c1-5-7(8(13)12(15)16)9(14)11(18-4)6(2)10(5)17-3/h8,14H,13H2,1-4H3,(H,15,16)/t8-/m0/s1. The minimum atomic E-state index is -1.34. The van der Waals surface area contributed by atoms with Crippen LogP contribution < -0.4 is 15.2 Å². The lowest BCUT2D eigenvalue weighted by atomic mass is 9.96. The molecule has 0 aliphatic heterocycles. The maximum Gasteiger partial charge on any atom is 0.325 e. The van der Waals surface area contributed by atoms with Crippen LogP contribution in [-0.4, -0.2) is 30.4 Å². The Morgan fingerprint density at radius 3 is 2.06 bits per heavy atom. The van der Waals surface area contributed by atoms with Crippen molar-refractivity contribution < 1.29 is 24.5 Å². The van der Waals surface area contributed by atoms with Crippen molar-refractivity contribution in [3.63, 3.8) is 0 Å². The summed E-state index contributed by atoms with van der Waals surface area (Å²) in [4.78, 5) is 11.0. The SMILES string of the molecule is COc1c(C)c(OC)c(O)c([C@H](N)C(=O)O)c1C. The molecule has 4 N–H and O–H groups in total. The van der Waals surface area contributed by atoms with Gasteiger partial charge < -0.3 is 25.4 Å². The zero-order valence-electron chi connectivity index (χ0n) is 10.8. The van der Waals surface area contributed by atoms with E-state index >= 15 is 0 Å². The number of hydrogen-bond donors (Lipinski definition) is 3. The second-order valence-corrected chi connectivity index (χ2v) is 3.89. The molecule has 1 atom stereocenters. The number of carboxylic acid groups (broad SMARTS) is 1. The van der Waals surface area contributed by atoms with Gasteiger partial charge in [-0.05, 0) is 13.8 Å². The molecule has 0 saturated heterocycles. The van der Waals surface area contributed by atoms with Crippen LogP contribution in [0.15, 0.2) is 0 Å². The van der Waals surface area contributed by atoms with E-state index in [9.17, 15) is 9.90 Å². The molecule has 18 heavy (non-hydrogen) atoms. The molecule has 1 rings (SSSR count). The largest absolute Gasteiger partial charge is 0.504 e. The molecular formula is C12H17NO5. The maximum absolute atomic E-state index is 11.0. The molecule has 0 aliphatic rings. The van der Waals surface area contributed by atoms with Crippen molar-refractivity contribution >= 4 is 5.97 Å². The number of phenols is 1. The molecule has 100 valence electrons. The van der Waals surface area contributed by atoms with Crippen molar-refractivity contribution in [1.29, 1.82) is 0 Å². The molecule has 0 fully saturated rings. The van der Waals surface area contributed by atoms with Gasteiger partial charge in [0.2, 0.25) is 0 Å². The number of nitrogens with two attached hydrogens (primary N) is 1. The number of carbonyl (C=O) groups is 1. The first-order valence-corrected chi connectivity index (χ1v) is 5.29. The molecule has 0 heterocycles. The van der Waals surface area contributed by atoms with Gasteiger partial charge in [0.15, 0.2) is 11.5 Å². The Morgan fingerprint density at radius 1 is 1.17 bits per heavy atom. The van der Waals surface area contributed by atoms with Crippen molar-refractivity contribution in [2.24, 2.45) is 5.73 Å². The van der Waals surface area contributed by atoms with E-state index in [1.54, 1.807) is 13.8 Å². The Kier molecular flexibility index (Phi) is 4.03. The fraction of sp³-hybridized carbons (Fsp3) is 0.417. The van der Waals surface area contributed by atoms with Gasteiger partial charge >= 0.3 is 5.97 Å². The van der Waals surface area contributed by atoms with E-state index in [-0.39, 0.29) is 17.1 Å². The molecule has 1 aromatic rings. The molecule has 0 radical (unpaired) electrons. The van der Waals surface area contributed by atoms with Crippen molar-refractivity contribution in [3.05, 3.63) is 16.7 Å². The zero-order chi connectivity index (χ0) is 14.0. The van der Waals surface area contributed by atoms with Gasteiger partial charge in [-0.15, -0.1) is 0 Å². The molecule has 0 saturated carbocycles. The highest BCUT2D eigenvalue weighted by Gasteiger charge is 2.27. The summed E-state index contributed by atoms with van der Waals surface area (Å²) >= 11 is 0. The van der Waals surface area contributed by atoms with Gasteiger partial charge in [-0.25, -0.2) is 0 Å². The van der Waals surface area contributed by atoms with Crippen LogP contribution in [0.2, 0.25) is 0 Å². The van der Waals surface area contributed by atoms with Crippen LogP contribution in [-0.2, 0) is 4.79 Å².